The minimum Gasteiger partial charge on any atom is -0.394 e. The molecule has 224 valence electrons. The van der Waals surface area contributed by atoms with Crippen LogP contribution in [0.15, 0.2) is 34.4 Å². The van der Waals surface area contributed by atoms with E-state index in [1.165, 1.54) is 17.6 Å². The van der Waals surface area contributed by atoms with E-state index in [4.69, 9.17) is 18.9 Å². The van der Waals surface area contributed by atoms with E-state index in [0.29, 0.717) is 0 Å². The predicted molar refractivity (Wildman–Crippen MR) is 140 cm³/mol. The van der Waals surface area contributed by atoms with Gasteiger partial charge in [0.25, 0.3) is 0 Å². The molecule has 0 saturated carbocycles. The Kier molecular flexibility index (Phi) is 11.3. The summed E-state index contributed by atoms with van der Waals surface area (Å²) in [6.07, 6.45) is -7.27. The Bertz CT molecular complexity index is 909. The van der Waals surface area contributed by atoms with Crippen molar-refractivity contribution >= 4 is 0 Å². The molecule has 11 nitrogen and oxygen atoms in total. The second kappa shape index (κ2) is 13.6. The maximum Gasteiger partial charge on any atom is 0.187 e. The number of rotatable bonds is 9. The van der Waals surface area contributed by atoms with Crippen LogP contribution in [0.1, 0.15) is 53.9 Å². The maximum atomic E-state index is 10.7. The van der Waals surface area contributed by atoms with Crippen LogP contribution in [-0.2, 0) is 18.9 Å². The van der Waals surface area contributed by atoms with Gasteiger partial charge in [0.2, 0.25) is 0 Å². The third-order valence-electron chi connectivity index (χ3n) is 8.14. The molecule has 7 N–H and O–H groups in total. The van der Waals surface area contributed by atoms with E-state index >= 15 is 0 Å². The molecule has 0 aromatic rings. The van der Waals surface area contributed by atoms with Crippen molar-refractivity contribution in [1.29, 1.82) is 0 Å². The zero-order valence-corrected chi connectivity index (χ0v) is 23.4. The first-order chi connectivity index (χ1) is 18.3. The van der Waals surface area contributed by atoms with Crippen molar-refractivity contribution in [2.45, 2.75) is 115 Å². The summed E-state index contributed by atoms with van der Waals surface area (Å²) in [6.45, 7) is 9.50. The monoisotopic (exact) mass is 558 g/mol. The van der Waals surface area contributed by atoms with Gasteiger partial charge in [-0.2, -0.15) is 0 Å². The molecule has 11 heteroatoms. The summed E-state index contributed by atoms with van der Waals surface area (Å²) >= 11 is 0. The first-order valence-electron chi connectivity index (χ1n) is 13.6. The lowest BCUT2D eigenvalue weighted by molar-refractivity contribution is -0.358. The lowest BCUT2D eigenvalue weighted by Crippen LogP contribution is -2.64. The van der Waals surface area contributed by atoms with Crippen LogP contribution in [0.5, 0.6) is 0 Å². The second-order valence-corrected chi connectivity index (χ2v) is 11.5. The molecule has 3 rings (SSSR count). The molecule has 0 amide bonds. The van der Waals surface area contributed by atoms with Crippen molar-refractivity contribution in [2.24, 2.45) is 5.41 Å². The zero-order valence-electron chi connectivity index (χ0n) is 23.4. The largest absolute Gasteiger partial charge is 0.394 e. The number of aliphatic hydroxyl groups is 7. The Hall–Kier alpha value is -1.22. The maximum absolute atomic E-state index is 10.7. The van der Waals surface area contributed by atoms with Crippen LogP contribution in [0.2, 0.25) is 0 Å². The van der Waals surface area contributed by atoms with Gasteiger partial charge >= 0.3 is 0 Å². The average Bonchev–Trinajstić information content (AvgIpc) is 2.89. The van der Waals surface area contributed by atoms with Crippen LogP contribution in [0, 0.1) is 5.41 Å². The highest BCUT2D eigenvalue weighted by atomic mass is 16.7. The van der Waals surface area contributed by atoms with E-state index in [1.807, 2.05) is 19.9 Å². The molecule has 10 atom stereocenters. The van der Waals surface area contributed by atoms with Crippen molar-refractivity contribution in [3.8, 4) is 0 Å². The third kappa shape index (κ3) is 7.35. The van der Waals surface area contributed by atoms with Gasteiger partial charge in [-0.05, 0) is 62.2 Å². The van der Waals surface area contributed by atoms with Gasteiger partial charge < -0.3 is 54.7 Å². The van der Waals surface area contributed by atoms with E-state index < -0.39 is 74.6 Å². The molecule has 2 fully saturated rings. The first-order valence-corrected chi connectivity index (χ1v) is 13.6. The lowest BCUT2D eigenvalue weighted by atomic mass is 9.72. The topological polar surface area (TPSA) is 179 Å². The summed E-state index contributed by atoms with van der Waals surface area (Å²) in [5, 5.41) is 70.8. The van der Waals surface area contributed by atoms with Gasteiger partial charge in [-0.3, -0.25) is 0 Å². The molecule has 0 aromatic heterocycles. The quantitative estimate of drug-likeness (QED) is 0.190. The van der Waals surface area contributed by atoms with Crippen LogP contribution >= 0.6 is 0 Å². The normalized spacial score (nSPS) is 40.2. The Morgan fingerprint density at radius 2 is 1.49 bits per heavy atom. The Morgan fingerprint density at radius 1 is 0.872 bits per heavy atom. The van der Waals surface area contributed by atoms with Gasteiger partial charge in [-0.25, -0.2) is 0 Å². The van der Waals surface area contributed by atoms with Crippen LogP contribution in [-0.4, -0.2) is 117 Å². The molecule has 39 heavy (non-hydrogen) atoms. The highest BCUT2D eigenvalue weighted by Gasteiger charge is 2.50. The summed E-state index contributed by atoms with van der Waals surface area (Å²) in [4.78, 5) is 0. The van der Waals surface area contributed by atoms with Crippen LogP contribution in [0.25, 0.3) is 0 Å². The van der Waals surface area contributed by atoms with E-state index in [1.54, 1.807) is 0 Å². The van der Waals surface area contributed by atoms with E-state index in [0.717, 1.165) is 24.0 Å². The van der Waals surface area contributed by atoms with Gasteiger partial charge in [0.05, 0.1) is 19.8 Å². The molecule has 0 spiro atoms. The van der Waals surface area contributed by atoms with Crippen molar-refractivity contribution in [3.05, 3.63) is 34.4 Å². The first kappa shape index (κ1) is 32.3. The fourth-order valence-corrected chi connectivity index (χ4v) is 5.41. The van der Waals surface area contributed by atoms with Crippen molar-refractivity contribution in [2.75, 3.05) is 19.8 Å². The third-order valence-corrected chi connectivity index (χ3v) is 8.14. The second-order valence-electron chi connectivity index (χ2n) is 11.5. The van der Waals surface area contributed by atoms with Crippen LogP contribution in [0.3, 0.4) is 0 Å². The standard InChI is InChI=1S/C28H46O11/c1-14(16(3)11-17-15(2)7-6-9-28(17,4)5)8-10-36-26-24(35)22(33)25(19(13-30)38-26)39-27-23(34)21(32)20(31)18(12-29)37-27/h8,11,18-27,29-35H,6-7,9-10,12-13H2,1-5H3/b14-8+,16-11+/t18-,19-,20-,21+,22-,23-,24-,25-,26+,27+/m1/s1. The molecule has 0 aromatic carbocycles. The summed E-state index contributed by atoms with van der Waals surface area (Å²) in [5.41, 5.74) is 4.95. The molecule has 2 aliphatic heterocycles. The minimum atomic E-state index is -1.72. The van der Waals surface area contributed by atoms with Crippen molar-refractivity contribution in [1.82, 2.24) is 0 Å². The molecule has 1 aliphatic carbocycles. The summed E-state index contributed by atoms with van der Waals surface area (Å²) in [7, 11) is 0. The lowest BCUT2D eigenvalue weighted by Gasteiger charge is -2.45. The van der Waals surface area contributed by atoms with Crippen LogP contribution in [0.4, 0.5) is 0 Å². The average molecular weight is 559 g/mol. The van der Waals surface area contributed by atoms with Gasteiger partial charge in [0, 0.05) is 0 Å². The van der Waals surface area contributed by atoms with Gasteiger partial charge in [-0.1, -0.05) is 31.6 Å². The smallest absolute Gasteiger partial charge is 0.187 e. The Balaban J connectivity index is 1.63. The fourth-order valence-electron chi connectivity index (χ4n) is 5.41. The zero-order chi connectivity index (χ0) is 29.1. The molecule has 0 radical (unpaired) electrons. The molecule has 0 unspecified atom stereocenters. The van der Waals surface area contributed by atoms with Gasteiger partial charge in [0.15, 0.2) is 12.6 Å². The van der Waals surface area contributed by atoms with E-state index in [9.17, 15) is 35.7 Å². The Labute approximate surface area is 230 Å². The number of aliphatic hydroxyl groups excluding tert-OH is 7. The van der Waals surface area contributed by atoms with Gasteiger partial charge in [0.1, 0.15) is 48.8 Å². The SMILES string of the molecule is CC1=C(/C=C(C)/C(C)=C/CO[C@H]2O[C@H](CO)[C@@H](O[C@@H]3O[C@H](CO)[C@@H](O)[C@H](O)[C@H]3O)[C@H](O)[C@H]2O)C(C)(C)CCC1. The highest BCUT2D eigenvalue weighted by Crippen LogP contribution is 2.41. The van der Waals surface area contributed by atoms with E-state index in [2.05, 4.69) is 26.8 Å². The molecular weight excluding hydrogens is 512 g/mol. The summed E-state index contributed by atoms with van der Waals surface area (Å²) in [6, 6.07) is 0. The molecule has 2 saturated heterocycles. The minimum absolute atomic E-state index is 0.0727. The highest BCUT2D eigenvalue weighted by molar-refractivity contribution is 5.40. The number of ether oxygens (including phenoxy) is 4. The summed E-state index contributed by atoms with van der Waals surface area (Å²) in [5.74, 6) is 0. The number of hydrogen-bond donors (Lipinski definition) is 7. The summed E-state index contributed by atoms with van der Waals surface area (Å²) < 4.78 is 22.2. The van der Waals surface area contributed by atoms with E-state index in [-0.39, 0.29) is 12.0 Å². The van der Waals surface area contributed by atoms with Crippen molar-refractivity contribution in [3.63, 3.8) is 0 Å². The fraction of sp³-hybridized carbons (Fsp3) is 0.786. The van der Waals surface area contributed by atoms with Crippen molar-refractivity contribution < 1.29 is 54.7 Å². The number of hydrogen-bond acceptors (Lipinski definition) is 11. The Morgan fingerprint density at radius 3 is 2.10 bits per heavy atom. The molecule has 2 heterocycles. The van der Waals surface area contributed by atoms with Gasteiger partial charge in [-0.15, -0.1) is 0 Å². The molecule has 0 bridgehead atoms. The predicted octanol–water partition coefficient (Wildman–Crippen LogP) is 0.0463. The molecule has 3 aliphatic rings. The molecular formula is C28H46O11. The number of allylic oxidation sites excluding steroid dienone is 5. The van der Waals surface area contributed by atoms with Crippen LogP contribution < -0.4 is 0 Å².